The number of imide groups is 1. The van der Waals surface area contributed by atoms with Crippen LogP contribution in [0.1, 0.15) is 27.6 Å². The van der Waals surface area contributed by atoms with Gasteiger partial charge in [0.25, 0.3) is 11.8 Å². The predicted molar refractivity (Wildman–Crippen MR) is 88.3 cm³/mol. The maximum Gasteiger partial charge on any atom is 0.270 e. The van der Waals surface area contributed by atoms with E-state index < -0.39 is 5.91 Å². The normalized spacial score (nSPS) is 13.0. The SMILES string of the molecule is CCOc1ccc(N2C(=O)c3ccc(OC)c(OC)c3C2=O)cc1. The molecular formula is C18H17NO5. The second-order valence-corrected chi connectivity index (χ2v) is 5.10. The number of amides is 2. The summed E-state index contributed by atoms with van der Waals surface area (Å²) in [6.45, 7) is 2.43. The molecule has 2 aromatic rings. The summed E-state index contributed by atoms with van der Waals surface area (Å²) in [5, 5.41) is 0. The third kappa shape index (κ3) is 2.36. The van der Waals surface area contributed by atoms with Gasteiger partial charge in [-0.3, -0.25) is 9.59 Å². The van der Waals surface area contributed by atoms with Crippen molar-refractivity contribution in [2.75, 3.05) is 25.7 Å². The van der Waals surface area contributed by atoms with Gasteiger partial charge in [0.15, 0.2) is 11.5 Å². The van der Waals surface area contributed by atoms with E-state index in [0.29, 0.717) is 29.4 Å². The first-order valence-corrected chi connectivity index (χ1v) is 7.49. The highest BCUT2D eigenvalue weighted by Gasteiger charge is 2.40. The molecule has 0 radical (unpaired) electrons. The average Bonchev–Trinajstić information content (AvgIpc) is 2.86. The van der Waals surface area contributed by atoms with Gasteiger partial charge >= 0.3 is 0 Å². The van der Waals surface area contributed by atoms with E-state index in [0.717, 1.165) is 4.90 Å². The summed E-state index contributed by atoms with van der Waals surface area (Å²) in [5.41, 5.74) is 0.993. The van der Waals surface area contributed by atoms with Crippen LogP contribution < -0.4 is 19.1 Å². The van der Waals surface area contributed by atoms with Crippen LogP contribution in [0.3, 0.4) is 0 Å². The fourth-order valence-corrected chi connectivity index (χ4v) is 2.73. The Hall–Kier alpha value is -3.02. The van der Waals surface area contributed by atoms with Crippen LogP contribution in [-0.4, -0.2) is 32.6 Å². The lowest BCUT2D eigenvalue weighted by Gasteiger charge is -2.14. The van der Waals surface area contributed by atoms with E-state index in [1.807, 2.05) is 6.92 Å². The molecule has 3 rings (SSSR count). The molecule has 6 nitrogen and oxygen atoms in total. The number of anilines is 1. The summed E-state index contributed by atoms with van der Waals surface area (Å²) >= 11 is 0. The molecule has 0 saturated heterocycles. The number of fused-ring (bicyclic) bond motifs is 1. The topological polar surface area (TPSA) is 65.1 Å². The molecule has 0 unspecified atom stereocenters. The zero-order valence-electron chi connectivity index (χ0n) is 13.7. The van der Waals surface area contributed by atoms with Gasteiger partial charge in [-0.25, -0.2) is 4.90 Å². The molecule has 1 heterocycles. The van der Waals surface area contributed by atoms with Gasteiger partial charge < -0.3 is 14.2 Å². The van der Waals surface area contributed by atoms with Crippen LogP contribution in [0, 0.1) is 0 Å². The first kappa shape index (κ1) is 15.9. The minimum Gasteiger partial charge on any atom is -0.494 e. The zero-order chi connectivity index (χ0) is 17.3. The van der Waals surface area contributed by atoms with Crippen LogP contribution in [0.4, 0.5) is 5.69 Å². The third-order valence-corrected chi connectivity index (χ3v) is 3.80. The first-order chi connectivity index (χ1) is 11.6. The Morgan fingerprint density at radius 3 is 2.21 bits per heavy atom. The van der Waals surface area contributed by atoms with Crippen LogP contribution >= 0.6 is 0 Å². The molecule has 0 spiro atoms. The van der Waals surface area contributed by atoms with Gasteiger partial charge in [-0.1, -0.05) is 0 Å². The van der Waals surface area contributed by atoms with Crippen molar-refractivity contribution in [3.8, 4) is 17.2 Å². The molecule has 6 heteroatoms. The second-order valence-electron chi connectivity index (χ2n) is 5.10. The molecule has 0 N–H and O–H groups in total. The molecular weight excluding hydrogens is 310 g/mol. The smallest absolute Gasteiger partial charge is 0.270 e. The number of carbonyl (C=O) groups excluding carboxylic acids is 2. The molecule has 24 heavy (non-hydrogen) atoms. The molecule has 2 aromatic carbocycles. The van der Waals surface area contributed by atoms with Crippen LogP contribution in [0.25, 0.3) is 0 Å². The zero-order valence-corrected chi connectivity index (χ0v) is 13.7. The standard InChI is InChI=1S/C18H17NO5/c1-4-24-12-7-5-11(6-8-12)19-17(20)13-9-10-14(22-2)16(23-3)15(13)18(19)21/h5-10H,4H2,1-3H3. The maximum atomic E-state index is 12.8. The van der Waals surface area contributed by atoms with Crippen molar-refractivity contribution in [3.63, 3.8) is 0 Å². The van der Waals surface area contributed by atoms with Crippen molar-refractivity contribution < 1.29 is 23.8 Å². The van der Waals surface area contributed by atoms with Crippen molar-refractivity contribution in [2.24, 2.45) is 0 Å². The van der Waals surface area contributed by atoms with E-state index in [9.17, 15) is 9.59 Å². The number of methoxy groups -OCH3 is 2. The van der Waals surface area contributed by atoms with Crippen LogP contribution in [-0.2, 0) is 0 Å². The second kappa shape index (κ2) is 6.23. The van der Waals surface area contributed by atoms with E-state index >= 15 is 0 Å². The number of benzene rings is 2. The summed E-state index contributed by atoms with van der Waals surface area (Å²) in [5.74, 6) is 0.528. The number of hydrogen-bond donors (Lipinski definition) is 0. The van der Waals surface area contributed by atoms with Crippen molar-refractivity contribution in [2.45, 2.75) is 6.92 Å². The lowest BCUT2D eigenvalue weighted by Crippen LogP contribution is -2.29. The largest absolute Gasteiger partial charge is 0.494 e. The van der Waals surface area contributed by atoms with E-state index in [4.69, 9.17) is 14.2 Å². The van der Waals surface area contributed by atoms with Gasteiger partial charge in [0.2, 0.25) is 0 Å². The minimum absolute atomic E-state index is 0.218. The van der Waals surface area contributed by atoms with Gasteiger partial charge in [0.05, 0.1) is 37.6 Å². The summed E-state index contributed by atoms with van der Waals surface area (Å²) in [6, 6.07) is 9.99. The summed E-state index contributed by atoms with van der Waals surface area (Å²) in [7, 11) is 2.92. The van der Waals surface area contributed by atoms with E-state index in [-0.39, 0.29) is 17.2 Å². The molecule has 2 amide bonds. The van der Waals surface area contributed by atoms with E-state index in [1.165, 1.54) is 14.2 Å². The molecule has 0 saturated carbocycles. The third-order valence-electron chi connectivity index (χ3n) is 3.80. The minimum atomic E-state index is -0.435. The van der Waals surface area contributed by atoms with Gasteiger partial charge in [-0.2, -0.15) is 0 Å². The number of hydrogen-bond acceptors (Lipinski definition) is 5. The van der Waals surface area contributed by atoms with Crippen molar-refractivity contribution in [3.05, 3.63) is 47.5 Å². The van der Waals surface area contributed by atoms with Gasteiger partial charge in [0.1, 0.15) is 5.75 Å². The van der Waals surface area contributed by atoms with Crippen molar-refractivity contribution >= 4 is 17.5 Å². The first-order valence-electron chi connectivity index (χ1n) is 7.49. The highest BCUT2D eigenvalue weighted by atomic mass is 16.5. The van der Waals surface area contributed by atoms with Gasteiger partial charge in [0, 0.05) is 0 Å². The maximum absolute atomic E-state index is 12.8. The Morgan fingerprint density at radius 1 is 0.917 bits per heavy atom. The highest BCUT2D eigenvalue weighted by Crippen LogP contribution is 2.39. The van der Waals surface area contributed by atoms with Crippen molar-refractivity contribution in [1.82, 2.24) is 0 Å². The summed E-state index contributed by atoms with van der Waals surface area (Å²) in [4.78, 5) is 26.6. The Morgan fingerprint density at radius 2 is 1.62 bits per heavy atom. The molecule has 1 aliphatic rings. The molecule has 0 aromatic heterocycles. The van der Waals surface area contributed by atoms with Gasteiger partial charge in [-0.05, 0) is 43.3 Å². The lowest BCUT2D eigenvalue weighted by atomic mass is 10.1. The van der Waals surface area contributed by atoms with Crippen LogP contribution in [0.15, 0.2) is 36.4 Å². The number of rotatable bonds is 5. The summed E-state index contributed by atoms with van der Waals surface area (Å²) in [6.07, 6.45) is 0. The highest BCUT2D eigenvalue weighted by molar-refractivity contribution is 6.35. The molecule has 0 aliphatic carbocycles. The number of carbonyl (C=O) groups is 2. The Bertz CT molecular complexity index is 798. The molecule has 0 atom stereocenters. The monoisotopic (exact) mass is 327 g/mol. The van der Waals surface area contributed by atoms with Gasteiger partial charge in [-0.15, -0.1) is 0 Å². The van der Waals surface area contributed by atoms with Crippen LogP contribution in [0.5, 0.6) is 17.2 Å². The average molecular weight is 327 g/mol. The molecule has 0 bridgehead atoms. The fraction of sp³-hybridized carbons (Fsp3) is 0.222. The molecule has 1 aliphatic heterocycles. The Kier molecular flexibility index (Phi) is 4.12. The van der Waals surface area contributed by atoms with Crippen molar-refractivity contribution in [1.29, 1.82) is 0 Å². The predicted octanol–water partition coefficient (Wildman–Crippen LogP) is 2.90. The number of ether oxygens (including phenoxy) is 3. The van der Waals surface area contributed by atoms with Crippen LogP contribution in [0.2, 0.25) is 0 Å². The fourth-order valence-electron chi connectivity index (χ4n) is 2.73. The quantitative estimate of drug-likeness (QED) is 0.790. The van der Waals surface area contributed by atoms with E-state index in [1.54, 1.807) is 36.4 Å². The lowest BCUT2D eigenvalue weighted by molar-refractivity contribution is 0.0925. The number of nitrogens with zero attached hydrogens (tertiary/aromatic N) is 1. The molecule has 124 valence electrons. The Balaban J connectivity index is 2.03. The summed E-state index contributed by atoms with van der Waals surface area (Å²) < 4.78 is 15.9. The Labute approximate surface area is 139 Å². The van der Waals surface area contributed by atoms with E-state index in [2.05, 4.69) is 0 Å². The molecule has 0 fully saturated rings.